The van der Waals surface area contributed by atoms with E-state index in [1.807, 2.05) is 18.5 Å². The Kier molecular flexibility index (Phi) is 3.17. The van der Waals surface area contributed by atoms with Crippen LogP contribution in [0.15, 0.2) is 42.7 Å². The number of rotatable bonds is 3. The van der Waals surface area contributed by atoms with Gasteiger partial charge in [0, 0.05) is 37.2 Å². The Morgan fingerprint density at radius 1 is 1.15 bits per heavy atom. The number of benzene rings is 1. The highest BCUT2D eigenvalue weighted by Gasteiger charge is 2.47. The molecule has 1 spiro atoms. The number of nitrogens with one attached hydrogen (secondary N) is 1. The molecule has 0 unspecified atom stereocenters. The molecular formula is C18H19N7O. The molecular weight excluding hydrogens is 330 g/mol. The third kappa shape index (κ3) is 2.30. The second-order valence-electron chi connectivity index (χ2n) is 7.12. The Morgan fingerprint density at radius 3 is 2.69 bits per heavy atom. The third-order valence-electron chi connectivity index (χ3n) is 5.21. The van der Waals surface area contributed by atoms with Crippen molar-refractivity contribution in [2.24, 2.45) is 5.41 Å². The fourth-order valence-electron chi connectivity index (χ4n) is 3.65. The second kappa shape index (κ2) is 5.43. The Morgan fingerprint density at radius 2 is 1.96 bits per heavy atom. The van der Waals surface area contributed by atoms with Gasteiger partial charge in [-0.2, -0.15) is 5.10 Å². The summed E-state index contributed by atoms with van der Waals surface area (Å²) in [4.78, 5) is 2.32. The Bertz CT molecular complexity index is 971. The maximum atomic E-state index is 10.1. The number of nitrogen functional groups attached to an aromatic ring is 1. The molecule has 1 aromatic carbocycles. The fourth-order valence-corrected chi connectivity index (χ4v) is 3.65. The van der Waals surface area contributed by atoms with E-state index in [2.05, 4.69) is 25.5 Å². The molecule has 3 aromatic rings. The minimum atomic E-state index is 0.152. The van der Waals surface area contributed by atoms with Crippen LogP contribution in [-0.4, -0.2) is 51.3 Å². The zero-order valence-electron chi connectivity index (χ0n) is 14.1. The fraction of sp³-hybridized carbons (Fsp3) is 0.278. The van der Waals surface area contributed by atoms with Gasteiger partial charge in [0.05, 0.1) is 23.8 Å². The van der Waals surface area contributed by atoms with Gasteiger partial charge < -0.3 is 21.1 Å². The van der Waals surface area contributed by atoms with Gasteiger partial charge in [-0.25, -0.2) is 4.68 Å². The van der Waals surface area contributed by atoms with Crippen LogP contribution in [0.2, 0.25) is 0 Å². The van der Waals surface area contributed by atoms with E-state index in [1.165, 1.54) is 0 Å². The molecule has 0 aliphatic carbocycles. The molecule has 0 amide bonds. The van der Waals surface area contributed by atoms with E-state index >= 15 is 0 Å². The van der Waals surface area contributed by atoms with E-state index in [0.717, 1.165) is 31.9 Å². The molecule has 2 aliphatic heterocycles. The first-order chi connectivity index (χ1) is 12.6. The summed E-state index contributed by atoms with van der Waals surface area (Å²) in [5.74, 6) is 0.445. The molecule has 0 bridgehead atoms. The lowest BCUT2D eigenvalue weighted by Crippen LogP contribution is -2.71. The van der Waals surface area contributed by atoms with Crippen molar-refractivity contribution in [3.8, 4) is 22.7 Å². The molecule has 0 saturated carbocycles. The lowest BCUT2D eigenvalue weighted by Gasteiger charge is -2.56. The van der Waals surface area contributed by atoms with Crippen LogP contribution >= 0.6 is 0 Å². The standard InChI is InChI=1S/C18H19N7O/c19-17-15(5-14(22-23-17)13-3-1-2-4-16(13)26)25-7-12(6-21-25)24-10-18(11-24)8-20-9-18/h1-7,20,26H,8-11H2,(H2,19,23). The lowest BCUT2D eigenvalue weighted by molar-refractivity contribution is 0.121. The van der Waals surface area contributed by atoms with Crippen molar-refractivity contribution >= 4 is 11.5 Å². The SMILES string of the molecule is Nc1nnc(-c2ccccc2O)cc1-n1cc(N2CC3(CNC3)C2)cn1. The van der Waals surface area contributed by atoms with Crippen molar-refractivity contribution in [1.29, 1.82) is 0 Å². The first-order valence-corrected chi connectivity index (χ1v) is 8.56. The van der Waals surface area contributed by atoms with Gasteiger partial charge in [0.2, 0.25) is 0 Å². The lowest BCUT2D eigenvalue weighted by atomic mass is 9.74. The van der Waals surface area contributed by atoms with Gasteiger partial charge in [-0.3, -0.25) is 0 Å². The van der Waals surface area contributed by atoms with E-state index < -0.39 is 0 Å². The first kappa shape index (κ1) is 15.2. The number of aromatic hydroxyl groups is 1. The van der Waals surface area contributed by atoms with Crippen molar-refractivity contribution in [2.75, 3.05) is 36.8 Å². The first-order valence-electron chi connectivity index (χ1n) is 8.56. The molecule has 2 aliphatic rings. The molecule has 2 fully saturated rings. The van der Waals surface area contributed by atoms with Crippen LogP contribution < -0.4 is 16.0 Å². The molecule has 4 N–H and O–H groups in total. The molecule has 0 radical (unpaired) electrons. The van der Waals surface area contributed by atoms with Crippen molar-refractivity contribution < 1.29 is 5.11 Å². The highest BCUT2D eigenvalue weighted by Crippen LogP contribution is 2.37. The predicted molar refractivity (Wildman–Crippen MR) is 98.2 cm³/mol. The summed E-state index contributed by atoms with van der Waals surface area (Å²) in [5, 5.41) is 26.0. The van der Waals surface area contributed by atoms with Crippen LogP contribution in [0.3, 0.4) is 0 Å². The number of nitrogens with two attached hydrogens (primary N) is 1. The molecule has 2 saturated heterocycles. The number of anilines is 2. The van der Waals surface area contributed by atoms with Gasteiger partial charge in [0.1, 0.15) is 11.4 Å². The summed E-state index contributed by atoms with van der Waals surface area (Å²) in [7, 11) is 0. The van der Waals surface area contributed by atoms with E-state index in [0.29, 0.717) is 28.2 Å². The zero-order valence-corrected chi connectivity index (χ0v) is 14.1. The Labute approximate surface area is 150 Å². The quantitative estimate of drug-likeness (QED) is 0.648. The minimum absolute atomic E-state index is 0.152. The molecule has 0 atom stereocenters. The Balaban J connectivity index is 1.45. The van der Waals surface area contributed by atoms with Crippen molar-refractivity contribution in [1.82, 2.24) is 25.3 Å². The normalized spacial score (nSPS) is 17.8. The number of para-hydroxylation sites is 1. The molecule has 8 heteroatoms. The number of phenolic OH excluding ortho intramolecular Hbond substituents is 1. The van der Waals surface area contributed by atoms with Gasteiger partial charge in [0.25, 0.3) is 0 Å². The zero-order chi connectivity index (χ0) is 17.7. The monoisotopic (exact) mass is 349 g/mol. The third-order valence-corrected chi connectivity index (χ3v) is 5.21. The number of phenols is 1. The van der Waals surface area contributed by atoms with Gasteiger partial charge in [0.15, 0.2) is 5.82 Å². The second-order valence-corrected chi connectivity index (χ2v) is 7.12. The van der Waals surface area contributed by atoms with Crippen LogP contribution in [0.5, 0.6) is 5.75 Å². The largest absolute Gasteiger partial charge is 0.507 e. The summed E-state index contributed by atoms with van der Waals surface area (Å²) < 4.78 is 1.72. The molecule has 8 nitrogen and oxygen atoms in total. The van der Waals surface area contributed by atoms with Gasteiger partial charge >= 0.3 is 0 Å². The van der Waals surface area contributed by atoms with Crippen LogP contribution in [0.25, 0.3) is 16.9 Å². The van der Waals surface area contributed by atoms with E-state index in [1.54, 1.807) is 28.9 Å². The number of nitrogens with zero attached hydrogens (tertiary/aromatic N) is 5. The van der Waals surface area contributed by atoms with Crippen molar-refractivity contribution in [3.63, 3.8) is 0 Å². The summed E-state index contributed by atoms with van der Waals surface area (Å²) in [6.07, 6.45) is 3.81. The molecule has 2 aromatic heterocycles. The number of hydrogen-bond acceptors (Lipinski definition) is 7. The van der Waals surface area contributed by atoms with Gasteiger partial charge in [-0.1, -0.05) is 12.1 Å². The highest BCUT2D eigenvalue weighted by atomic mass is 16.3. The minimum Gasteiger partial charge on any atom is -0.507 e. The van der Waals surface area contributed by atoms with Crippen LogP contribution in [-0.2, 0) is 0 Å². The molecule has 26 heavy (non-hydrogen) atoms. The van der Waals surface area contributed by atoms with Crippen LogP contribution in [0.1, 0.15) is 0 Å². The summed E-state index contributed by atoms with van der Waals surface area (Å²) in [6, 6.07) is 8.81. The topological polar surface area (TPSA) is 105 Å². The van der Waals surface area contributed by atoms with Crippen LogP contribution in [0.4, 0.5) is 11.5 Å². The summed E-state index contributed by atoms with van der Waals surface area (Å²) in [6.45, 7) is 4.31. The van der Waals surface area contributed by atoms with E-state index in [9.17, 15) is 5.11 Å². The van der Waals surface area contributed by atoms with Gasteiger partial charge in [-0.15, -0.1) is 10.2 Å². The summed E-state index contributed by atoms with van der Waals surface area (Å²) in [5.41, 5.74) is 9.35. The Hall–Kier alpha value is -3.13. The molecule has 132 valence electrons. The maximum Gasteiger partial charge on any atom is 0.172 e. The summed E-state index contributed by atoms with van der Waals surface area (Å²) >= 11 is 0. The average Bonchev–Trinajstić information content (AvgIpc) is 3.03. The number of hydrogen-bond donors (Lipinski definition) is 3. The molecule has 5 rings (SSSR count). The van der Waals surface area contributed by atoms with E-state index in [-0.39, 0.29) is 5.75 Å². The van der Waals surface area contributed by atoms with Crippen molar-refractivity contribution in [3.05, 3.63) is 42.7 Å². The average molecular weight is 349 g/mol. The highest BCUT2D eigenvalue weighted by molar-refractivity contribution is 5.70. The van der Waals surface area contributed by atoms with Gasteiger partial charge in [-0.05, 0) is 18.2 Å². The van der Waals surface area contributed by atoms with E-state index in [4.69, 9.17) is 5.73 Å². The van der Waals surface area contributed by atoms with Crippen LogP contribution in [0, 0.1) is 5.41 Å². The maximum absolute atomic E-state index is 10.1. The number of aromatic nitrogens is 4. The smallest absolute Gasteiger partial charge is 0.172 e. The van der Waals surface area contributed by atoms with Crippen molar-refractivity contribution in [2.45, 2.75) is 0 Å². The molecule has 4 heterocycles. The predicted octanol–water partition coefficient (Wildman–Crippen LogP) is 1.03.